The van der Waals surface area contributed by atoms with E-state index in [2.05, 4.69) is 46.3 Å². The smallest absolute Gasteiger partial charge is 0.269 e. The third-order valence-electron chi connectivity index (χ3n) is 4.49. The molecular formula is C20H20N4OS. The molecule has 4 rings (SSSR count). The Morgan fingerprint density at radius 1 is 1.19 bits per heavy atom. The van der Waals surface area contributed by atoms with Crippen LogP contribution >= 0.6 is 11.8 Å². The maximum absolute atomic E-state index is 12.2. The van der Waals surface area contributed by atoms with E-state index in [0.717, 1.165) is 17.8 Å². The van der Waals surface area contributed by atoms with Gasteiger partial charge in [-0.3, -0.25) is 10.1 Å². The first-order chi connectivity index (χ1) is 12.7. The number of fused-ring (bicyclic) bond motifs is 1. The number of benzene rings is 2. The van der Waals surface area contributed by atoms with Crippen LogP contribution in [0, 0.1) is 0 Å². The van der Waals surface area contributed by atoms with Crippen LogP contribution in [-0.4, -0.2) is 28.5 Å². The summed E-state index contributed by atoms with van der Waals surface area (Å²) in [5.41, 5.74) is 3.62. The Balaban J connectivity index is 1.54. The third-order valence-corrected chi connectivity index (χ3v) is 5.23. The number of thioether (sulfide) groups is 1. The second-order valence-electron chi connectivity index (χ2n) is 6.18. The van der Waals surface area contributed by atoms with E-state index < -0.39 is 0 Å². The summed E-state index contributed by atoms with van der Waals surface area (Å²) in [6.45, 7) is 1.24. The minimum Gasteiger partial charge on any atom is -0.347 e. The quantitative estimate of drug-likeness (QED) is 0.682. The molecule has 0 aliphatic carbocycles. The molecule has 1 atom stereocenters. The number of hydrogen-bond donors (Lipinski definition) is 2. The first-order valence-electron chi connectivity index (χ1n) is 8.54. The molecule has 2 heterocycles. The molecule has 0 saturated carbocycles. The van der Waals surface area contributed by atoms with E-state index in [-0.39, 0.29) is 12.1 Å². The van der Waals surface area contributed by atoms with E-state index in [9.17, 15) is 4.79 Å². The van der Waals surface area contributed by atoms with Crippen molar-refractivity contribution in [3.8, 4) is 11.3 Å². The topological polar surface area (TPSA) is 58.9 Å². The molecule has 0 bridgehead atoms. The lowest BCUT2D eigenvalue weighted by Gasteiger charge is -2.25. The van der Waals surface area contributed by atoms with Crippen molar-refractivity contribution < 1.29 is 4.79 Å². The van der Waals surface area contributed by atoms with Gasteiger partial charge in [0.25, 0.3) is 5.91 Å². The Kier molecular flexibility index (Phi) is 4.77. The second-order valence-corrected chi connectivity index (χ2v) is 7.06. The van der Waals surface area contributed by atoms with Gasteiger partial charge in [-0.15, -0.1) is 11.8 Å². The highest BCUT2D eigenvalue weighted by Crippen LogP contribution is 2.23. The first-order valence-corrected chi connectivity index (χ1v) is 9.76. The fraction of sp³-hybridized carbons (Fsp3) is 0.200. The molecule has 0 fully saturated rings. The van der Waals surface area contributed by atoms with E-state index in [1.807, 2.05) is 36.4 Å². The van der Waals surface area contributed by atoms with Crippen LogP contribution in [0.4, 0.5) is 0 Å². The highest BCUT2D eigenvalue weighted by molar-refractivity contribution is 7.98. The molecule has 132 valence electrons. The van der Waals surface area contributed by atoms with E-state index in [4.69, 9.17) is 0 Å². The number of hydrogen-bond acceptors (Lipinski definition) is 4. The van der Waals surface area contributed by atoms with Crippen molar-refractivity contribution in [1.82, 2.24) is 20.4 Å². The molecule has 3 aromatic rings. The number of nitrogens with zero attached hydrogens (tertiary/aromatic N) is 2. The van der Waals surface area contributed by atoms with Gasteiger partial charge in [-0.25, -0.2) is 4.68 Å². The van der Waals surface area contributed by atoms with Crippen LogP contribution in [-0.2, 0) is 6.54 Å². The van der Waals surface area contributed by atoms with Crippen LogP contribution in [0.5, 0.6) is 0 Å². The maximum atomic E-state index is 12.2. The molecule has 0 saturated heterocycles. The minimum absolute atomic E-state index is 0.0691. The molecule has 1 aliphatic rings. The number of carbonyl (C=O) groups excluding carboxylic acids is 1. The molecule has 26 heavy (non-hydrogen) atoms. The summed E-state index contributed by atoms with van der Waals surface area (Å²) in [6.07, 6.45) is 2.00. The molecule has 5 nitrogen and oxygen atoms in total. The molecule has 0 spiro atoms. The maximum Gasteiger partial charge on any atom is 0.269 e. The fourth-order valence-corrected chi connectivity index (χ4v) is 3.46. The van der Waals surface area contributed by atoms with Crippen LogP contribution < -0.4 is 10.6 Å². The Hall–Kier alpha value is -2.57. The van der Waals surface area contributed by atoms with Gasteiger partial charge in [0.1, 0.15) is 11.9 Å². The van der Waals surface area contributed by atoms with Crippen LogP contribution in [0.25, 0.3) is 11.3 Å². The van der Waals surface area contributed by atoms with Gasteiger partial charge in [-0.05, 0) is 30.0 Å². The summed E-state index contributed by atoms with van der Waals surface area (Å²) in [7, 11) is 0. The minimum atomic E-state index is -0.0814. The summed E-state index contributed by atoms with van der Waals surface area (Å²) in [4.78, 5) is 13.5. The fourth-order valence-electron chi connectivity index (χ4n) is 3.06. The average molecular weight is 364 g/mol. The van der Waals surface area contributed by atoms with E-state index >= 15 is 0 Å². The Labute approximate surface area is 156 Å². The normalized spacial score (nSPS) is 16.2. The Morgan fingerprint density at radius 3 is 2.69 bits per heavy atom. The van der Waals surface area contributed by atoms with Gasteiger partial charge in [0, 0.05) is 17.0 Å². The van der Waals surface area contributed by atoms with Crippen molar-refractivity contribution in [1.29, 1.82) is 0 Å². The van der Waals surface area contributed by atoms with Gasteiger partial charge in [-0.2, -0.15) is 5.10 Å². The van der Waals surface area contributed by atoms with Crippen molar-refractivity contribution in [2.45, 2.75) is 17.6 Å². The second kappa shape index (κ2) is 7.35. The lowest BCUT2D eigenvalue weighted by molar-refractivity contribution is 0.0900. The van der Waals surface area contributed by atoms with E-state index in [1.54, 1.807) is 16.4 Å². The van der Waals surface area contributed by atoms with Crippen LogP contribution in [0.2, 0.25) is 0 Å². The van der Waals surface area contributed by atoms with Crippen molar-refractivity contribution >= 4 is 17.7 Å². The highest BCUT2D eigenvalue weighted by Gasteiger charge is 2.27. The highest BCUT2D eigenvalue weighted by atomic mass is 32.2. The van der Waals surface area contributed by atoms with E-state index in [0.29, 0.717) is 12.2 Å². The molecule has 1 aromatic heterocycles. The summed E-state index contributed by atoms with van der Waals surface area (Å²) in [5, 5.41) is 11.1. The molecule has 6 heteroatoms. The largest absolute Gasteiger partial charge is 0.347 e. The predicted molar refractivity (Wildman–Crippen MR) is 104 cm³/mol. The number of amides is 1. The molecule has 1 aliphatic heterocycles. The van der Waals surface area contributed by atoms with Crippen LogP contribution in [0.3, 0.4) is 0 Å². The predicted octanol–water partition coefficient (Wildman–Crippen LogP) is 3.30. The molecular weight excluding hydrogens is 344 g/mol. The molecule has 2 N–H and O–H groups in total. The molecule has 2 aromatic carbocycles. The summed E-state index contributed by atoms with van der Waals surface area (Å²) in [5.74, 6) is -0.0814. The SMILES string of the molecule is CSc1ccc(CNC2CNC(=O)c3cc(-c4ccccc4)nn32)cc1. The van der Waals surface area contributed by atoms with Crippen LogP contribution in [0.15, 0.2) is 65.6 Å². The first kappa shape index (κ1) is 16.9. The average Bonchev–Trinajstić information content (AvgIpc) is 3.15. The van der Waals surface area contributed by atoms with Crippen molar-refractivity contribution in [3.05, 3.63) is 71.9 Å². The van der Waals surface area contributed by atoms with Crippen molar-refractivity contribution in [2.75, 3.05) is 12.8 Å². The zero-order chi connectivity index (χ0) is 17.9. The number of nitrogens with one attached hydrogen (secondary N) is 2. The Morgan fingerprint density at radius 2 is 1.96 bits per heavy atom. The summed E-state index contributed by atoms with van der Waals surface area (Å²) < 4.78 is 1.80. The van der Waals surface area contributed by atoms with Gasteiger partial charge >= 0.3 is 0 Å². The van der Waals surface area contributed by atoms with E-state index in [1.165, 1.54) is 10.5 Å². The number of aromatic nitrogens is 2. The third kappa shape index (κ3) is 3.38. The molecule has 0 radical (unpaired) electrons. The van der Waals surface area contributed by atoms with Gasteiger partial charge in [0.05, 0.1) is 12.2 Å². The van der Waals surface area contributed by atoms with Gasteiger partial charge in [0.2, 0.25) is 0 Å². The zero-order valence-corrected chi connectivity index (χ0v) is 15.3. The molecule has 1 unspecified atom stereocenters. The zero-order valence-electron chi connectivity index (χ0n) is 14.5. The van der Waals surface area contributed by atoms with Crippen molar-refractivity contribution in [2.24, 2.45) is 0 Å². The van der Waals surface area contributed by atoms with Gasteiger partial charge in [-0.1, -0.05) is 42.5 Å². The Bertz CT molecular complexity index is 905. The van der Waals surface area contributed by atoms with Crippen molar-refractivity contribution in [3.63, 3.8) is 0 Å². The van der Waals surface area contributed by atoms with Gasteiger partial charge < -0.3 is 5.32 Å². The standard InChI is InChI=1S/C20H20N4OS/c1-26-16-9-7-14(8-10-16)12-21-19-13-22-20(25)18-11-17(23-24(18)19)15-5-3-2-4-6-15/h2-11,19,21H,12-13H2,1H3,(H,22,25). The lowest BCUT2D eigenvalue weighted by atomic mass is 10.1. The summed E-state index contributed by atoms with van der Waals surface area (Å²) >= 11 is 1.73. The summed E-state index contributed by atoms with van der Waals surface area (Å²) in [6, 6.07) is 20.3. The van der Waals surface area contributed by atoms with Gasteiger partial charge in [0.15, 0.2) is 0 Å². The monoisotopic (exact) mass is 364 g/mol. The number of rotatable bonds is 5. The molecule has 1 amide bonds. The number of carbonyl (C=O) groups is 1. The lowest BCUT2D eigenvalue weighted by Crippen LogP contribution is -2.45. The van der Waals surface area contributed by atoms with Crippen LogP contribution in [0.1, 0.15) is 22.2 Å².